The van der Waals surface area contributed by atoms with Crippen molar-refractivity contribution >= 4 is 0 Å². The van der Waals surface area contributed by atoms with Gasteiger partial charge in [0.25, 0.3) is 0 Å². The minimum absolute atomic E-state index is 0.474. The topological polar surface area (TPSA) is 24.5 Å². The Labute approximate surface area is 130 Å². The zero-order valence-electron chi connectivity index (χ0n) is 13.9. The highest BCUT2D eigenvalue weighted by atomic mass is 16.5. The number of para-hydroxylation sites is 1. The minimum atomic E-state index is 0.474. The third-order valence-electron chi connectivity index (χ3n) is 3.40. The van der Waals surface area contributed by atoms with Crippen LogP contribution in [0.5, 0.6) is 5.75 Å². The largest absolute Gasteiger partial charge is 0.492 e. The summed E-state index contributed by atoms with van der Waals surface area (Å²) in [6, 6.07) is 9.23. The van der Waals surface area contributed by atoms with E-state index in [0.717, 1.165) is 25.4 Å². The van der Waals surface area contributed by atoms with Gasteiger partial charge >= 0.3 is 0 Å². The van der Waals surface area contributed by atoms with E-state index < -0.39 is 0 Å². The van der Waals surface area contributed by atoms with Crippen molar-refractivity contribution in [3.05, 3.63) is 42.5 Å². The molecule has 0 aromatic heterocycles. The Kier molecular flexibility index (Phi) is 8.09. The van der Waals surface area contributed by atoms with Gasteiger partial charge in [0.1, 0.15) is 12.4 Å². The molecular formula is C18H30N2O. The first kappa shape index (κ1) is 17.7. The molecule has 0 atom stereocenters. The average Bonchev–Trinajstić information content (AvgIpc) is 2.45. The molecule has 3 heteroatoms. The van der Waals surface area contributed by atoms with E-state index in [1.54, 1.807) is 0 Å². The summed E-state index contributed by atoms with van der Waals surface area (Å²) in [5.41, 5.74) is 1.21. The summed E-state index contributed by atoms with van der Waals surface area (Å²) in [6.07, 6.45) is 1.94. The second-order valence-electron chi connectivity index (χ2n) is 5.87. The first-order chi connectivity index (χ1) is 10.0. The Balaban J connectivity index is 2.52. The van der Waals surface area contributed by atoms with Gasteiger partial charge in [-0.3, -0.25) is 4.90 Å². The standard InChI is InChI=1S/C18H30N2O/c1-6-11-20(16(4)5)12-13-21-18-10-8-7-9-17(18)14-19-15(2)3/h6-10,15-16,19H,1,11-14H2,2-5H3. The molecule has 1 aromatic carbocycles. The number of nitrogens with one attached hydrogen (secondary N) is 1. The molecule has 0 spiro atoms. The number of nitrogens with zero attached hydrogens (tertiary/aromatic N) is 1. The number of hydrogen-bond acceptors (Lipinski definition) is 3. The quantitative estimate of drug-likeness (QED) is 0.668. The smallest absolute Gasteiger partial charge is 0.123 e. The van der Waals surface area contributed by atoms with E-state index in [4.69, 9.17) is 4.74 Å². The van der Waals surface area contributed by atoms with E-state index >= 15 is 0 Å². The number of rotatable bonds is 10. The second kappa shape index (κ2) is 9.59. The van der Waals surface area contributed by atoms with Crippen molar-refractivity contribution in [3.63, 3.8) is 0 Å². The van der Waals surface area contributed by atoms with E-state index in [0.29, 0.717) is 18.7 Å². The third kappa shape index (κ3) is 6.78. The van der Waals surface area contributed by atoms with Crippen LogP contribution in [0.4, 0.5) is 0 Å². The van der Waals surface area contributed by atoms with Crippen LogP contribution in [0.15, 0.2) is 36.9 Å². The lowest BCUT2D eigenvalue weighted by Crippen LogP contribution is -2.34. The molecule has 0 saturated carbocycles. The van der Waals surface area contributed by atoms with Gasteiger partial charge in [-0.15, -0.1) is 6.58 Å². The molecule has 0 radical (unpaired) electrons. The molecule has 118 valence electrons. The molecule has 0 amide bonds. The molecule has 1 N–H and O–H groups in total. The van der Waals surface area contributed by atoms with Gasteiger partial charge in [0.2, 0.25) is 0 Å². The van der Waals surface area contributed by atoms with E-state index in [2.05, 4.69) is 56.6 Å². The Morgan fingerprint density at radius 1 is 1.24 bits per heavy atom. The fourth-order valence-corrected chi connectivity index (χ4v) is 2.10. The number of hydrogen-bond donors (Lipinski definition) is 1. The van der Waals surface area contributed by atoms with Crippen molar-refractivity contribution in [3.8, 4) is 5.75 Å². The highest BCUT2D eigenvalue weighted by Crippen LogP contribution is 2.18. The highest BCUT2D eigenvalue weighted by Gasteiger charge is 2.08. The molecular weight excluding hydrogens is 260 g/mol. The maximum atomic E-state index is 5.98. The summed E-state index contributed by atoms with van der Waals surface area (Å²) in [4.78, 5) is 2.35. The summed E-state index contributed by atoms with van der Waals surface area (Å²) in [5, 5.41) is 3.44. The lowest BCUT2D eigenvalue weighted by atomic mass is 10.2. The van der Waals surface area contributed by atoms with Gasteiger partial charge in [0.15, 0.2) is 0 Å². The molecule has 1 aromatic rings. The Morgan fingerprint density at radius 2 is 1.95 bits per heavy atom. The minimum Gasteiger partial charge on any atom is -0.492 e. The van der Waals surface area contributed by atoms with Crippen LogP contribution in [-0.2, 0) is 6.54 Å². The van der Waals surface area contributed by atoms with Crippen molar-refractivity contribution < 1.29 is 4.74 Å². The van der Waals surface area contributed by atoms with Gasteiger partial charge < -0.3 is 10.1 Å². The zero-order valence-corrected chi connectivity index (χ0v) is 13.9. The Hall–Kier alpha value is -1.32. The summed E-state index contributed by atoms with van der Waals surface area (Å²) in [7, 11) is 0. The predicted octanol–water partition coefficient (Wildman–Crippen LogP) is 3.46. The van der Waals surface area contributed by atoms with Gasteiger partial charge in [-0.1, -0.05) is 38.1 Å². The van der Waals surface area contributed by atoms with E-state index in [9.17, 15) is 0 Å². The van der Waals surface area contributed by atoms with E-state index in [-0.39, 0.29) is 0 Å². The first-order valence-electron chi connectivity index (χ1n) is 7.83. The molecule has 0 saturated heterocycles. The van der Waals surface area contributed by atoms with Crippen LogP contribution in [0, 0.1) is 0 Å². The molecule has 0 bridgehead atoms. The highest BCUT2D eigenvalue weighted by molar-refractivity contribution is 5.33. The SMILES string of the molecule is C=CCN(CCOc1ccccc1CNC(C)C)C(C)C. The molecule has 0 fully saturated rings. The lowest BCUT2D eigenvalue weighted by Gasteiger charge is -2.25. The molecule has 21 heavy (non-hydrogen) atoms. The summed E-state index contributed by atoms with van der Waals surface area (Å²) in [5.74, 6) is 0.980. The molecule has 0 unspecified atom stereocenters. The van der Waals surface area contributed by atoms with Crippen molar-refractivity contribution in [2.24, 2.45) is 0 Å². The maximum Gasteiger partial charge on any atom is 0.123 e. The van der Waals surface area contributed by atoms with Crippen molar-refractivity contribution in [2.45, 2.75) is 46.3 Å². The van der Waals surface area contributed by atoms with Crippen molar-refractivity contribution in [2.75, 3.05) is 19.7 Å². The number of benzene rings is 1. The fraction of sp³-hybridized carbons (Fsp3) is 0.556. The maximum absolute atomic E-state index is 5.98. The van der Waals surface area contributed by atoms with Gasteiger partial charge in [0.05, 0.1) is 0 Å². The fourth-order valence-electron chi connectivity index (χ4n) is 2.10. The van der Waals surface area contributed by atoms with Crippen LogP contribution >= 0.6 is 0 Å². The summed E-state index contributed by atoms with van der Waals surface area (Å²) < 4.78 is 5.98. The van der Waals surface area contributed by atoms with E-state index in [1.165, 1.54) is 5.56 Å². The van der Waals surface area contributed by atoms with Crippen LogP contribution in [-0.4, -0.2) is 36.7 Å². The van der Waals surface area contributed by atoms with E-state index in [1.807, 2.05) is 18.2 Å². The van der Waals surface area contributed by atoms with Crippen molar-refractivity contribution in [1.82, 2.24) is 10.2 Å². The second-order valence-corrected chi connectivity index (χ2v) is 5.87. The van der Waals surface area contributed by atoms with Crippen LogP contribution in [0.2, 0.25) is 0 Å². The molecule has 3 nitrogen and oxygen atoms in total. The summed E-state index contributed by atoms with van der Waals surface area (Å²) >= 11 is 0. The Bertz CT molecular complexity index is 415. The molecule has 0 heterocycles. The number of ether oxygens (including phenoxy) is 1. The predicted molar refractivity (Wildman–Crippen MR) is 90.8 cm³/mol. The normalized spacial score (nSPS) is 11.4. The molecule has 0 aliphatic carbocycles. The monoisotopic (exact) mass is 290 g/mol. The summed E-state index contributed by atoms with van der Waals surface area (Å²) in [6.45, 7) is 15.9. The average molecular weight is 290 g/mol. The van der Waals surface area contributed by atoms with Crippen molar-refractivity contribution in [1.29, 1.82) is 0 Å². The van der Waals surface area contributed by atoms with Crippen LogP contribution in [0.1, 0.15) is 33.3 Å². The van der Waals surface area contributed by atoms with Crippen LogP contribution in [0.25, 0.3) is 0 Å². The van der Waals surface area contributed by atoms with Gasteiger partial charge in [-0.05, 0) is 19.9 Å². The zero-order chi connectivity index (χ0) is 15.7. The Morgan fingerprint density at radius 3 is 2.57 bits per heavy atom. The third-order valence-corrected chi connectivity index (χ3v) is 3.40. The van der Waals surface area contributed by atoms with Crippen LogP contribution < -0.4 is 10.1 Å². The van der Waals surface area contributed by atoms with Gasteiger partial charge in [-0.2, -0.15) is 0 Å². The lowest BCUT2D eigenvalue weighted by molar-refractivity contribution is 0.190. The van der Waals surface area contributed by atoms with Crippen LogP contribution in [0.3, 0.4) is 0 Å². The first-order valence-corrected chi connectivity index (χ1v) is 7.83. The molecule has 0 aliphatic heterocycles. The van der Waals surface area contributed by atoms with Gasteiger partial charge in [0, 0.05) is 37.3 Å². The molecule has 0 aliphatic rings. The molecule has 1 rings (SSSR count). The van der Waals surface area contributed by atoms with Gasteiger partial charge in [-0.25, -0.2) is 0 Å².